The topological polar surface area (TPSA) is 63.4 Å². The maximum Gasteiger partial charge on any atom is 0.254 e. The predicted octanol–water partition coefficient (Wildman–Crippen LogP) is 3.18. The highest BCUT2D eigenvalue weighted by atomic mass is 35.5. The van der Waals surface area contributed by atoms with Gasteiger partial charge in [-0.3, -0.25) is 9.59 Å². The highest BCUT2D eigenvalue weighted by Gasteiger charge is 2.35. The van der Waals surface area contributed by atoms with Gasteiger partial charge in [0.25, 0.3) is 5.91 Å². The summed E-state index contributed by atoms with van der Waals surface area (Å²) in [4.78, 5) is 25.8. The number of nitrogens with zero attached hydrogens (tertiary/aromatic N) is 1. The summed E-state index contributed by atoms with van der Waals surface area (Å²) in [6.07, 6.45) is 0.396. The van der Waals surface area contributed by atoms with E-state index in [1.807, 2.05) is 42.5 Å². The number of carbonyl (C=O) groups excluding carboxylic acids is 2. The molecule has 4 nitrogen and oxygen atoms in total. The first kappa shape index (κ1) is 16.3. The van der Waals surface area contributed by atoms with Crippen molar-refractivity contribution in [2.45, 2.75) is 12.5 Å². The minimum absolute atomic E-state index is 0.216. The third-order valence-corrected chi connectivity index (χ3v) is 4.50. The molecule has 0 aliphatic carbocycles. The number of nitrogens with two attached hydrogens (primary N) is 1. The zero-order valence-corrected chi connectivity index (χ0v) is 13.7. The zero-order chi connectivity index (χ0) is 17.1. The largest absolute Gasteiger partial charge is 0.368 e. The van der Waals surface area contributed by atoms with Crippen molar-refractivity contribution in [2.24, 2.45) is 5.73 Å². The monoisotopic (exact) mass is 340 g/mol. The van der Waals surface area contributed by atoms with E-state index in [9.17, 15) is 9.59 Å². The molecule has 0 bridgehead atoms. The fraction of sp³-hybridized carbons (Fsp3) is 0.158. The van der Waals surface area contributed by atoms with E-state index in [0.717, 1.165) is 16.7 Å². The summed E-state index contributed by atoms with van der Waals surface area (Å²) in [6, 6.07) is 16.6. The van der Waals surface area contributed by atoms with Gasteiger partial charge in [-0.25, -0.2) is 0 Å². The molecule has 2 aromatic carbocycles. The van der Waals surface area contributed by atoms with Crippen molar-refractivity contribution in [1.82, 2.24) is 4.90 Å². The first-order valence-corrected chi connectivity index (χ1v) is 8.07. The molecular weight excluding hydrogens is 324 g/mol. The summed E-state index contributed by atoms with van der Waals surface area (Å²) in [6.45, 7) is 0.330. The van der Waals surface area contributed by atoms with E-state index in [2.05, 4.69) is 0 Å². The molecule has 0 aromatic heterocycles. The van der Waals surface area contributed by atoms with Crippen molar-refractivity contribution < 1.29 is 9.59 Å². The van der Waals surface area contributed by atoms with Crippen LogP contribution in [0.1, 0.15) is 16.8 Å². The molecule has 0 spiro atoms. The number of primary amides is 1. The smallest absolute Gasteiger partial charge is 0.254 e. The van der Waals surface area contributed by atoms with Crippen LogP contribution in [-0.4, -0.2) is 29.3 Å². The van der Waals surface area contributed by atoms with Gasteiger partial charge in [0.1, 0.15) is 6.04 Å². The lowest BCUT2D eigenvalue weighted by Gasteiger charge is -2.21. The van der Waals surface area contributed by atoms with Crippen molar-refractivity contribution >= 4 is 23.4 Å². The molecule has 3 rings (SSSR count). The molecule has 1 unspecified atom stereocenters. The van der Waals surface area contributed by atoms with Crippen molar-refractivity contribution in [3.8, 4) is 11.1 Å². The maximum absolute atomic E-state index is 12.7. The van der Waals surface area contributed by atoms with Crippen LogP contribution < -0.4 is 5.73 Å². The van der Waals surface area contributed by atoms with Crippen molar-refractivity contribution in [1.29, 1.82) is 0 Å². The van der Waals surface area contributed by atoms with Gasteiger partial charge in [0.2, 0.25) is 5.91 Å². The van der Waals surface area contributed by atoms with Gasteiger partial charge < -0.3 is 10.6 Å². The standard InChI is InChI=1S/C19H17ClN2O2/c20-11-13-10-17(18(21)23)22(12-13)19(24)16-8-6-15(7-9-16)14-4-2-1-3-5-14/h1-9,11,17H,10,12H2,(H2,21,23). The van der Waals surface area contributed by atoms with E-state index >= 15 is 0 Å². The number of benzene rings is 2. The maximum atomic E-state index is 12.7. The van der Waals surface area contributed by atoms with Gasteiger partial charge in [-0.05, 0) is 28.8 Å². The fourth-order valence-corrected chi connectivity index (χ4v) is 3.06. The number of amides is 2. The molecule has 1 atom stereocenters. The predicted molar refractivity (Wildman–Crippen MR) is 94.4 cm³/mol. The van der Waals surface area contributed by atoms with Gasteiger partial charge in [-0.1, -0.05) is 54.1 Å². The number of hydrogen-bond donors (Lipinski definition) is 1. The quantitative estimate of drug-likeness (QED) is 0.932. The molecule has 5 heteroatoms. The summed E-state index contributed by atoms with van der Waals surface area (Å²) in [5.41, 5.74) is 10.3. The average molecular weight is 341 g/mol. The van der Waals surface area contributed by atoms with Gasteiger partial charge in [-0.2, -0.15) is 0 Å². The van der Waals surface area contributed by atoms with Crippen LogP contribution >= 0.6 is 11.6 Å². The van der Waals surface area contributed by atoms with Crippen molar-refractivity contribution in [3.05, 3.63) is 71.3 Å². The molecule has 1 aliphatic heterocycles. The summed E-state index contributed by atoms with van der Waals surface area (Å²) in [5.74, 6) is -0.732. The molecule has 1 heterocycles. The lowest BCUT2D eigenvalue weighted by Crippen LogP contribution is -2.43. The molecule has 0 radical (unpaired) electrons. The summed E-state index contributed by atoms with van der Waals surface area (Å²) in [5, 5.41) is 0. The molecule has 2 N–H and O–H groups in total. The van der Waals surface area contributed by atoms with Crippen LogP contribution in [0.2, 0.25) is 0 Å². The minimum Gasteiger partial charge on any atom is -0.368 e. The number of rotatable bonds is 3. The van der Waals surface area contributed by atoms with Crippen LogP contribution in [0.4, 0.5) is 0 Å². The van der Waals surface area contributed by atoms with Crippen LogP contribution in [-0.2, 0) is 4.79 Å². The average Bonchev–Trinajstić information content (AvgIpc) is 3.07. The Kier molecular flexibility index (Phi) is 4.67. The van der Waals surface area contributed by atoms with Crippen LogP contribution in [0.5, 0.6) is 0 Å². The van der Waals surface area contributed by atoms with Crippen LogP contribution in [0.25, 0.3) is 11.1 Å². The molecular formula is C19H17ClN2O2. The Morgan fingerprint density at radius 3 is 2.25 bits per heavy atom. The normalized spacial score (nSPS) is 18.8. The first-order valence-electron chi connectivity index (χ1n) is 7.64. The van der Waals surface area contributed by atoms with Crippen molar-refractivity contribution in [3.63, 3.8) is 0 Å². The second kappa shape index (κ2) is 6.89. The number of halogens is 1. The Balaban J connectivity index is 1.83. The minimum atomic E-state index is -0.642. The summed E-state index contributed by atoms with van der Waals surface area (Å²) in [7, 11) is 0. The molecule has 122 valence electrons. The van der Waals surface area contributed by atoms with Crippen molar-refractivity contribution in [2.75, 3.05) is 6.54 Å². The Morgan fingerprint density at radius 1 is 1.04 bits per heavy atom. The Labute approximate surface area is 145 Å². The summed E-state index contributed by atoms with van der Waals surface area (Å²) < 4.78 is 0. The van der Waals surface area contributed by atoms with Gasteiger partial charge in [0.15, 0.2) is 0 Å². The van der Waals surface area contributed by atoms with Crippen LogP contribution in [0.3, 0.4) is 0 Å². The third kappa shape index (κ3) is 3.19. The molecule has 2 amide bonds. The molecule has 1 saturated heterocycles. The zero-order valence-electron chi connectivity index (χ0n) is 13.0. The number of carbonyl (C=O) groups is 2. The lowest BCUT2D eigenvalue weighted by molar-refractivity contribution is -0.121. The van der Waals surface area contributed by atoms with Crippen LogP contribution in [0.15, 0.2) is 65.7 Å². The Morgan fingerprint density at radius 2 is 1.67 bits per heavy atom. The first-order chi connectivity index (χ1) is 11.6. The molecule has 2 aromatic rings. The molecule has 1 aliphatic rings. The Bertz CT molecular complexity index is 785. The SMILES string of the molecule is NC(=O)C1CC(=CCl)CN1C(=O)c1ccc(-c2ccccc2)cc1. The summed E-state index contributed by atoms with van der Waals surface area (Å²) >= 11 is 5.73. The third-order valence-electron chi connectivity index (χ3n) is 4.19. The second-order valence-electron chi connectivity index (χ2n) is 5.77. The molecule has 24 heavy (non-hydrogen) atoms. The van der Waals surface area contributed by atoms with E-state index in [-0.39, 0.29) is 5.91 Å². The van der Waals surface area contributed by atoms with Gasteiger partial charge in [0.05, 0.1) is 0 Å². The lowest BCUT2D eigenvalue weighted by atomic mass is 10.0. The van der Waals surface area contributed by atoms with E-state index < -0.39 is 11.9 Å². The van der Waals surface area contributed by atoms with E-state index in [1.54, 1.807) is 12.1 Å². The second-order valence-corrected chi connectivity index (χ2v) is 5.98. The van der Waals surface area contributed by atoms with Gasteiger partial charge >= 0.3 is 0 Å². The fourth-order valence-electron chi connectivity index (χ4n) is 2.90. The molecule has 1 fully saturated rings. The van der Waals surface area contributed by atoms with Crippen LogP contribution in [0, 0.1) is 0 Å². The highest BCUT2D eigenvalue weighted by Crippen LogP contribution is 2.26. The number of likely N-dealkylation sites (tertiary alicyclic amines) is 1. The Hall–Kier alpha value is -2.59. The van der Waals surface area contributed by atoms with E-state index in [1.165, 1.54) is 10.4 Å². The molecule has 0 saturated carbocycles. The van der Waals surface area contributed by atoms with E-state index in [0.29, 0.717) is 18.5 Å². The number of hydrogen-bond acceptors (Lipinski definition) is 2. The van der Waals surface area contributed by atoms with Gasteiger partial charge in [-0.15, -0.1) is 0 Å². The van der Waals surface area contributed by atoms with E-state index in [4.69, 9.17) is 17.3 Å². The van der Waals surface area contributed by atoms with Gasteiger partial charge in [0, 0.05) is 24.1 Å². The highest BCUT2D eigenvalue weighted by molar-refractivity contribution is 6.25.